The number of nitrogens with two attached hydrogens (primary N) is 1. The second-order valence-electron chi connectivity index (χ2n) is 5.33. The van der Waals surface area contributed by atoms with Gasteiger partial charge in [0.2, 0.25) is 5.95 Å². The lowest BCUT2D eigenvalue weighted by Crippen LogP contribution is -2.43. The summed E-state index contributed by atoms with van der Waals surface area (Å²) in [5.74, 6) is 0.431. The number of nitrogens with zero attached hydrogens (tertiary/aromatic N) is 3. The van der Waals surface area contributed by atoms with Gasteiger partial charge in [0.05, 0.1) is 6.04 Å². The Morgan fingerprint density at radius 1 is 1.36 bits per heavy atom. The molecule has 2 heterocycles. The first-order valence-electron chi connectivity index (χ1n) is 7.02. The third-order valence-corrected chi connectivity index (χ3v) is 3.68. The summed E-state index contributed by atoms with van der Waals surface area (Å²) in [6.45, 7) is 2.68. The normalized spacial score (nSPS) is 16.5. The minimum Gasteiger partial charge on any atom is -0.383 e. The second-order valence-corrected chi connectivity index (χ2v) is 5.33. The van der Waals surface area contributed by atoms with Gasteiger partial charge in [-0.3, -0.25) is 9.78 Å². The zero-order valence-corrected chi connectivity index (χ0v) is 12.5. The number of rotatable bonds is 3. The topological polar surface area (TPSA) is 99.4 Å². The molecule has 3 rings (SSSR count). The van der Waals surface area contributed by atoms with E-state index in [1.165, 1.54) is 5.56 Å². The molecular formula is C15H18N6O. The highest BCUT2D eigenvalue weighted by molar-refractivity contribution is 5.82. The van der Waals surface area contributed by atoms with Crippen molar-refractivity contribution in [2.24, 2.45) is 4.99 Å². The molecule has 1 aliphatic rings. The lowest BCUT2D eigenvalue weighted by atomic mass is 10.2. The van der Waals surface area contributed by atoms with E-state index in [-0.39, 0.29) is 17.5 Å². The van der Waals surface area contributed by atoms with Crippen molar-refractivity contribution in [3.8, 4) is 0 Å². The molecule has 4 N–H and O–H groups in total. The molecule has 22 heavy (non-hydrogen) atoms. The van der Waals surface area contributed by atoms with Gasteiger partial charge in [-0.1, -0.05) is 17.7 Å². The summed E-state index contributed by atoms with van der Waals surface area (Å²) in [7, 11) is 1.85. The predicted molar refractivity (Wildman–Crippen MR) is 89.3 cm³/mol. The van der Waals surface area contributed by atoms with Crippen LogP contribution in [0.2, 0.25) is 0 Å². The van der Waals surface area contributed by atoms with Gasteiger partial charge in [0, 0.05) is 25.5 Å². The van der Waals surface area contributed by atoms with Crippen LogP contribution in [0.25, 0.3) is 0 Å². The molecule has 2 aromatic rings. The Morgan fingerprint density at radius 3 is 2.82 bits per heavy atom. The first-order chi connectivity index (χ1) is 10.5. The van der Waals surface area contributed by atoms with Gasteiger partial charge < -0.3 is 16.0 Å². The third kappa shape index (κ3) is 2.65. The van der Waals surface area contributed by atoms with Crippen molar-refractivity contribution < 1.29 is 0 Å². The Morgan fingerprint density at radius 2 is 2.09 bits per heavy atom. The molecule has 7 heteroatoms. The fourth-order valence-electron chi connectivity index (χ4n) is 2.39. The second kappa shape index (κ2) is 5.51. The van der Waals surface area contributed by atoms with Crippen LogP contribution in [0.5, 0.6) is 0 Å². The van der Waals surface area contributed by atoms with E-state index >= 15 is 0 Å². The number of fused-ring (bicyclic) bond motifs is 1. The molecular weight excluding hydrogens is 280 g/mol. The van der Waals surface area contributed by atoms with Gasteiger partial charge in [0.25, 0.3) is 5.56 Å². The third-order valence-electron chi connectivity index (χ3n) is 3.68. The number of aromatic amines is 1. The fraction of sp³-hybridized carbons (Fsp3) is 0.267. The monoisotopic (exact) mass is 298 g/mol. The number of H-pyrrole nitrogens is 1. The average Bonchev–Trinajstić information content (AvgIpc) is 2.47. The van der Waals surface area contributed by atoms with Crippen LogP contribution in [-0.2, 0) is 0 Å². The van der Waals surface area contributed by atoms with Crippen molar-refractivity contribution in [2.45, 2.75) is 13.0 Å². The molecule has 0 radical (unpaired) electrons. The van der Waals surface area contributed by atoms with Crippen LogP contribution in [0, 0.1) is 6.92 Å². The SMILES string of the molecule is Cc1ccc(NCC2C=Nc3nc(N)[nH]c(=O)c3N2C)cc1. The van der Waals surface area contributed by atoms with E-state index in [4.69, 9.17) is 5.73 Å². The van der Waals surface area contributed by atoms with E-state index in [0.717, 1.165) is 5.69 Å². The van der Waals surface area contributed by atoms with Crippen LogP contribution in [0.15, 0.2) is 34.1 Å². The minimum atomic E-state index is -0.276. The van der Waals surface area contributed by atoms with Crippen molar-refractivity contribution in [3.05, 3.63) is 40.2 Å². The van der Waals surface area contributed by atoms with Gasteiger partial charge in [-0.25, -0.2) is 4.99 Å². The number of aryl methyl sites for hydroxylation is 1. The molecule has 1 atom stereocenters. The van der Waals surface area contributed by atoms with Crippen molar-refractivity contribution in [1.82, 2.24) is 9.97 Å². The van der Waals surface area contributed by atoms with Gasteiger partial charge >= 0.3 is 0 Å². The van der Waals surface area contributed by atoms with Gasteiger partial charge in [-0.15, -0.1) is 0 Å². The lowest BCUT2D eigenvalue weighted by molar-refractivity contribution is 0.803. The zero-order valence-electron chi connectivity index (χ0n) is 12.5. The molecule has 1 aliphatic heterocycles. The molecule has 7 nitrogen and oxygen atoms in total. The Kier molecular flexibility index (Phi) is 3.54. The van der Waals surface area contributed by atoms with Crippen molar-refractivity contribution >= 4 is 29.4 Å². The largest absolute Gasteiger partial charge is 0.383 e. The van der Waals surface area contributed by atoms with Crippen LogP contribution in [0.4, 0.5) is 23.1 Å². The van der Waals surface area contributed by atoms with Crippen LogP contribution in [0.1, 0.15) is 5.56 Å². The molecule has 114 valence electrons. The number of hydrogen-bond acceptors (Lipinski definition) is 6. The highest BCUT2D eigenvalue weighted by Gasteiger charge is 2.24. The smallest absolute Gasteiger partial charge is 0.278 e. The van der Waals surface area contributed by atoms with Gasteiger partial charge in [-0.05, 0) is 19.1 Å². The van der Waals surface area contributed by atoms with Gasteiger partial charge in [0.15, 0.2) is 5.82 Å². The Balaban J connectivity index is 1.77. The van der Waals surface area contributed by atoms with Crippen LogP contribution >= 0.6 is 0 Å². The number of hydrogen-bond donors (Lipinski definition) is 3. The summed E-state index contributed by atoms with van der Waals surface area (Å²) in [5, 5.41) is 3.34. The van der Waals surface area contributed by atoms with E-state index < -0.39 is 0 Å². The number of anilines is 3. The number of benzene rings is 1. The molecule has 1 aromatic heterocycles. The standard InChI is InChI=1S/C15H18N6O/c1-9-3-5-10(6-4-9)17-7-11-8-18-13-12(21(11)2)14(22)20-15(16)19-13/h3-6,8,11,17H,7H2,1-2H3,(H3,16,19,20,22). The van der Waals surface area contributed by atoms with Crippen molar-refractivity contribution in [2.75, 3.05) is 29.5 Å². The number of nitrogen functional groups attached to an aromatic ring is 1. The average molecular weight is 298 g/mol. The molecule has 0 aliphatic carbocycles. The molecule has 0 saturated heterocycles. The number of likely N-dealkylation sites (N-methyl/N-ethyl adjacent to an activating group) is 1. The minimum absolute atomic E-state index is 0.0414. The van der Waals surface area contributed by atoms with Gasteiger partial charge in [0.1, 0.15) is 5.69 Å². The molecule has 0 saturated carbocycles. The number of aromatic nitrogens is 2. The molecule has 0 amide bonds. The van der Waals surface area contributed by atoms with Gasteiger partial charge in [-0.2, -0.15) is 4.98 Å². The van der Waals surface area contributed by atoms with E-state index in [1.54, 1.807) is 6.21 Å². The summed E-state index contributed by atoms with van der Waals surface area (Å²) in [4.78, 5) is 24.7. The predicted octanol–water partition coefficient (Wildman–Crippen LogP) is 1.29. The summed E-state index contributed by atoms with van der Waals surface area (Å²) in [5.41, 5.74) is 7.94. The lowest BCUT2D eigenvalue weighted by Gasteiger charge is -2.30. The van der Waals surface area contributed by atoms with Crippen LogP contribution in [0.3, 0.4) is 0 Å². The molecule has 0 spiro atoms. The molecule has 1 aromatic carbocycles. The Hall–Kier alpha value is -2.83. The summed E-state index contributed by atoms with van der Waals surface area (Å²) < 4.78 is 0. The maximum Gasteiger partial charge on any atom is 0.278 e. The van der Waals surface area contributed by atoms with Crippen LogP contribution in [-0.4, -0.2) is 35.8 Å². The highest BCUT2D eigenvalue weighted by atomic mass is 16.1. The molecule has 0 fully saturated rings. The first kappa shape index (κ1) is 14.1. The van der Waals surface area contributed by atoms with E-state index in [0.29, 0.717) is 18.1 Å². The zero-order chi connectivity index (χ0) is 15.7. The maximum absolute atomic E-state index is 12.0. The van der Waals surface area contributed by atoms with E-state index in [2.05, 4.69) is 20.3 Å². The quantitative estimate of drug-likeness (QED) is 0.793. The molecule has 0 bridgehead atoms. The number of aliphatic imine (C=N–C) groups is 1. The maximum atomic E-state index is 12.0. The Bertz CT molecular complexity index is 765. The van der Waals surface area contributed by atoms with Crippen LogP contribution < -0.4 is 21.5 Å². The molecule has 1 unspecified atom stereocenters. The Labute approximate surface area is 127 Å². The van der Waals surface area contributed by atoms with E-state index in [9.17, 15) is 4.79 Å². The summed E-state index contributed by atoms with van der Waals surface area (Å²) in [6, 6.07) is 8.11. The van der Waals surface area contributed by atoms with Crippen molar-refractivity contribution in [3.63, 3.8) is 0 Å². The van der Waals surface area contributed by atoms with E-state index in [1.807, 2.05) is 43.1 Å². The summed E-state index contributed by atoms with van der Waals surface area (Å²) >= 11 is 0. The summed E-state index contributed by atoms with van der Waals surface area (Å²) in [6.07, 6.45) is 1.77. The first-order valence-corrected chi connectivity index (χ1v) is 7.02. The number of nitrogens with one attached hydrogen (secondary N) is 2. The highest BCUT2D eigenvalue weighted by Crippen LogP contribution is 2.26. The van der Waals surface area contributed by atoms with Crippen molar-refractivity contribution in [1.29, 1.82) is 0 Å². The fourth-order valence-corrected chi connectivity index (χ4v) is 2.39.